The Morgan fingerprint density at radius 1 is 1.53 bits per heavy atom. The van der Waals surface area contributed by atoms with Crippen LogP contribution in [0.4, 0.5) is 5.69 Å². The molecule has 5 nitrogen and oxygen atoms in total. The maximum absolute atomic E-state index is 11.7. The molecule has 0 bridgehead atoms. The summed E-state index contributed by atoms with van der Waals surface area (Å²) in [6, 6.07) is 0. The van der Waals surface area contributed by atoms with Crippen LogP contribution in [0.2, 0.25) is 0 Å². The fourth-order valence-corrected chi connectivity index (χ4v) is 1.46. The number of carbonyl (C=O) groups is 1. The number of carbonyl (C=O) groups excluding carboxylic acids is 1. The van der Waals surface area contributed by atoms with Gasteiger partial charge in [-0.25, -0.2) is 0 Å². The first-order valence-corrected chi connectivity index (χ1v) is 5.89. The average molecular weight is 238 g/mol. The van der Waals surface area contributed by atoms with Gasteiger partial charge in [0.1, 0.15) is 0 Å². The van der Waals surface area contributed by atoms with Crippen LogP contribution in [0.3, 0.4) is 0 Å². The van der Waals surface area contributed by atoms with Gasteiger partial charge in [0.15, 0.2) is 0 Å². The molecule has 1 amide bonds. The number of hydrogen-bond donors (Lipinski definition) is 2. The molecule has 17 heavy (non-hydrogen) atoms. The molecular weight excluding hydrogens is 216 g/mol. The van der Waals surface area contributed by atoms with Crippen LogP contribution in [0.1, 0.15) is 32.9 Å². The lowest BCUT2D eigenvalue weighted by Gasteiger charge is -2.24. The zero-order chi connectivity index (χ0) is 13.1. The Bertz CT molecular complexity index is 395. The third-order valence-corrected chi connectivity index (χ3v) is 2.81. The van der Waals surface area contributed by atoms with E-state index in [0.29, 0.717) is 0 Å². The van der Waals surface area contributed by atoms with Crippen molar-refractivity contribution < 1.29 is 4.79 Å². The first-order chi connectivity index (χ1) is 7.84. The van der Waals surface area contributed by atoms with Crippen molar-refractivity contribution in [1.82, 2.24) is 15.1 Å². The fraction of sp³-hybridized carbons (Fsp3) is 0.667. The molecule has 96 valence electrons. The Kier molecular flexibility index (Phi) is 4.15. The van der Waals surface area contributed by atoms with Crippen molar-refractivity contribution in [3.05, 3.63) is 11.9 Å². The maximum Gasteiger partial charge on any atom is 0.239 e. The van der Waals surface area contributed by atoms with Gasteiger partial charge in [-0.2, -0.15) is 5.10 Å². The fourth-order valence-electron chi connectivity index (χ4n) is 1.46. The van der Waals surface area contributed by atoms with Gasteiger partial charge in [0.25, 0.3) is 0 Å². The molecule has 0 aliphatic heterocycles. The molecule has 0 aromatic carbocycles. The van der Waals surface area contributed by atoms with E-state index >= 15 is 0 Å². The lowest BCUT2D eigenvalue weighted by atomic mass is 10.0. The number of amides is 1. The normalized spacial score (nSPS) is 11.4. The van der Waals surface area contributed by atoms with E-state index in [2.05, 4.69) is 22.7 Å². The van der Waals surface area contributed by atoms with Gasteiger partial charge < -0.3 is 10.6 Å². The SMILES string of the molecule is CCC(C)(C)NC(=O)CNc1cn(C)nc1C. The van der Waals surface area contributed by atoms with Crippen molar-refractivity contribution in [2.75, 3.05) is 11.9 Å². The van der Waals surface area contributed by atoms with E-state index in [1.54, 1.807) is 4.68 Å². The first-order valence-electron chi connectivity index (χ1n) is 5.89. The first kappa shape index (κ1) is 13.5. The molecule has 0 radical (unpaired) electrons. The average Bonchev–Trinajstić information content (AvgIpc) is 2.54. The van der Waals surface area contributed by atoms with Crippen LogP contribution in [0.5, 0.6) is 0 Å². The Morgan fingerprint density at radius 3 is 2.65 bits per heavy atom. The lowest BCUT2D eigenvalue weighted by Crippen LogP contribution is -2.45. The summed E-state index contributed by atoms with van der Waals surface area (Å²) in [5.41, 5.74) is 1.65. The number of nitrogens with zero attached hydrogens (tertiary/aromatic N) is 2. The molecule has 0 saturated heterocycles. The Morgan fingerprint density at radius 2 is 2.18 bits per heavy atom. The van der Waals surface area contributed by atoms with Crippen molar-refractivity contribution >= 4 is 11.6 Å². The van der Waals surface area contributed by atoms with E-state index < -0.39 is 0 Å². The molecule has 0 aliphatic rings. The van der Waals surface area contributed by atoms with Crippen molar-refractivity contribution in [3.8, 4) is 0 Å². The zero-order valence-electron chi connectivity index (χ0n) is 11.3. The van der Waals surface area contributed by atoms with Crippen LogP contribution >= 0.6 is 0 Å². The minimum atomic E-state index is -0.150. The van der Waals surface area contributed by atoms with Crippen molar-refractivity contribution in [3.63, 3.8) is 0 Å². The second-order valence-corrected chi connectivity index (χ2v) is 4.94. The predicted octanol–water partition coefficient (Wildman–Crippen LogP) is 1.45. The molecule has 0 fully saturated rings. The van der Waals surface area contributed by atoms with Crippen LogP contribution < -0.4 is 10.6 Å². The van der Waals surface area contributed by atoms with E-state index in [1.807, 2.05) is 34.0 Å². The smallest absolute Gasteiger partial charge is 0.239 e. The highest BCUT2D eigenvalue weighted by molar-refractivity contribution is 5.81. The summed E-state index contributed by atoms with van der Waals surface area (Å²) in [5, 5.41) is 10.3. The summed E-state index contributed by atoms with van der Waals surface area (Å²) < 4.78 is 1.73. The molecule has 2 N–H and O–H groups in total. The van der Waals surface area contributed by atoms with Crippen molar-refractivity contribution in [2.45, 2.75) is 39.7 Å². The Balaban J connectivity index is 2.46. The summed E-state index contributed by atoms with van der Waals surface area (Å²) >= 11 is 0. The molecule has 1 rings (SSSR count). The molecule has 0 aliphatic carbocycles. The van der Waals surface area contributed by atoms with Crippen LogP contribution in [-0.4, -0.2) is 27.8 Å². The van der Waals surface area contributed by atoms with E-state index in [9.17, 15) is 4.79 Å². The quantitative estimate of drug-likeness (QED) is 0.816. The van der Waals surface area contributed by atoms with Crippen LogP contribution in [0, 0.1) is 6.92 Å². The van der Waals surface area contributed by atoms with Crippen LogP contribution in [-0.2, 0) is 11.8 Å². The Hall–Kier alpha value is -1.52. The van der Waals surface area contributed by atoms with Gasteiger partial charge in [0, 0.05) is 18.8 Å². The summed E-state index contributed by atoms with van der Waals surface area (Å²) in [7, 11) is 1.86. The van der Waals surface area contributed by atoms with E-state index in [1.165, 1.54) is 0 Å². The lowest BCUT2D eigenvalue weighted by molar-refractivity contribution is -0.121. The monoisotopic (exact) mass is 238 g/mol. The molecule has 0 saturated carbocycles. The summed E-state index contributed by atoms with van der Waals surface area (Å²) in [6.07, 6.45) is 2.78. The van der Waals surface area contributed by atoms with Gasteiger partial charge in [-0.3, -0.25) is 9.48 Å². The summed E-state index contributed by atoms with van der Waals surface area (Å²) in [6.45, 7) is 8.27. The van der Waals surface area contributed by atoms with Gasteiger partial charge >= 0.3 is 0 Å². The predicted molar refractivity (Wildman–Crippen MR) is 68.9 cm³/mol. The van der Waals surface area contributed by atoms with Crippen molar-refractivity contribution in [1.29, 1.82) is 0 Å². The topological polar surface area (TPSA) is 59.0 Å². The molecule has 1 heterocycles. The minimum Gasteiger partial charge on any atom is -0.373 e. The molecule has 1 aromatic rings. The minimum absolute atomic E-state index is 0.0000954. The summed E-state index contributed by atoms with van der Waals surface area (Å²) in [5.74, 6) is 0.0000954. The molecule has 0 atom stereocenters. The molecule has 1 aromatic heterocycles. The number of aromatic nitrogens is 2. The van der Waals surface area contributed by atoms with E-state index in [0.717, 1.165) is 17.8 Å². The number of aryl methyl sites for hydroxylation is 2. The highest BCUT2D eigenvalue weighted by Crippen LogP contribution is 2.11. The van der Waals surface area contributed by atoms with Gasteiger partial charge in [0.2, 0.25) is 5.91 Å². The van der Waals surface area contributed by atoms with Gasteiger partial charge in [-0.05, 0) is 27.2 Å². The Labute approximate surface area is 103 Å². The van der Waals surface area contributed by atoms with Gasteiger partial charge in [0.05, 0.1) is 17.9 Å². The number of nitrogens with one attached hydrogen (secondary N) is 2. The number of rotatable bonds is 5. The van der Waals surface area contributed by atoms with Crippen LogP contribution in [0.25, 0.3) is 0 Å². The summed E-state index contributed by atoms with van der Waals surface area (Å²) in [4.78, 5) is 11.7. The van der Waals surface area contributed by atoms with E-state index in [-0.39, 0.29) is 18.0 Å². The van der Waals surface area contributed by atoms with Gasteiger partial charge in [-0.15, -0.1) is 0 Å². The zero-order valence-corrected chi connectivity index (χ0v) is 11.3. The maximum atomic E-state index is 11.7. The highest BCUT2D eigenvalue weighted by atomic mass is 16.2. The number of anilines is 1. The molecule has 5 heteroatoms. The highest BCUT2D eigenvalue weighted by Gasteiger charge is 2.17. The standard InChI is InChI=1S/C12H22N4O/c1-6-12(3,4)14-11(17)7-13-10-8-16(5)15-9(10)2/h8,13H,6-7H2,1-5H3,(H,14,17). The van der Waals surface area contributed by atoms with Crippen molar-refractivity contribution in [2.24, 2.45) is 7.05 Å². The molecule has 0 spiro atoms. The number of hydrogen-bond acceptors (Lipinski definition) is 3. The molecule has 0 unspecified atom stereocenters. The second-order valence-electron chi connectivity index (χ2n) is 4.94. The molecular formula is C12H22N4O. The van der Waals surface area contributed by atoms with E-state index in [4.69, 9.17) is 0 Å². The van der Waals surface area contributed by atoms with Gasteiger partial charge in [-0.1, -0.05) is 6.92 Å². The third-order valence-electron chi connectivity index (χ3n) is 2.81. The largest absolute Gasteiger partial charge is 0.373 e. The second kappa shape index (κ2) is 5.21. The van der Waals surface area contributed by atoms with Crippen LogP contribution in [0.15, 0.2) is 6.20 Å². The third kappa shape index (κ3) is 4.09.